The van der Waals surface area contributed by atoms with Crippen molar-refractivity contribution in [1.29, 1.82) is 0 Å². The third-order valence-corrected chi connectivity index (χ3v) is 4.58. The van der Waals surface area contributed by atoms with Crippen molar-refractivity contribution in [1.82, 2.24) is 0 Å². The molecule has 0 radical (unpaired) electrons. The van der Waals surface area contributed by atoms with Crippen molar-refractivity contribution in [2.75, 3.05) is 10.6 Å². The first-order valence-electron chi connectivity index (χ1n) is 9.04. The van der Waals surface area contributed by atoms with Gasteiger partial charge < -0.3 is 15.4 Å². The van der Waals surface area contributed by atoms with Crippen molar-refractivity contribution in [2.45, 2.75) is 13.8 Å². The molecule has 0 aliphatic rings. The van der Waals surface area contributed by atoms with Crippen LogP contribution in [0.2, 0.25) is 0 Å². The number of nitro groups is 1. The van der Waals surface area contributed by atoms with Crippen LogP contribution in [-0.4, -0.2) is 16.0 Å². The molecule has 0 aliphatic carbocycles. The molecular formula is C22H19N3O4S. The van der Waals surface area contributed by atoms with E-state index < -0.39 is 10.8 Å². The quantitative estimate of drug-likeness (QED) is 0.332. The second-order valence-corrected chi connectivity index (χ2v) is 6.97. The number of aryl methyl sites for hydroxylation is 2. The average molecular weight is 421 g/mol. The number of hydrogen-bond donors (Lipinski definition) is 2. The van der Waals surface area contributed by atoms with Gasteiger partial charge in [-0.15, -0.1) is 0 Å². The van der Waals surface area contributed by atoms with Crippen LogP contribution >= 0.6 is 12.2 Å². The molecule has 8 heteroatoms. The number of nitrogens with one attached hydrogen (secondary N) is 2. The van der Waals surface area contributed by atoms with Crippen LogP contribution in [0.25, 0.3) is 0 Å². The van der Waals surface area contributed by atoms with Crippen LogP contribution in [0.4, 0.5) is 17.1 Å². The van der Waals surface area contributed by atoms with Gasteiger partial charge in [-0.1, -0.05) is 12.1 Å². The Kier molecular flexibility index (Phi) is 6.38. The van der Waals surface area contributed by atoms with E-state index >= 15 is 0 Å². The smallest absolute Gasteiger partial charge is 0.271 e. The maximum atomic E-state index is 12.4. The maximum Gasteiger partial charge on any atom is 0.271 e. The summed E-state index contributed by atoms with van der Waals surface area (Å²) in [6.45, 7) is 4.05. The molecule has 1 amide bonds. The van der Waals surface area contributed by atoms with Crippen LogP contribution < -0.4 is 15.4 Å². The molecule has 0 heterocycles. The number of thiocarbonyl (C=S) groups is 1. The summed E-state index contributed by atoms with van der Waals surface area (Å²) in [5, 5.41) is 16.7. The zero-order valence-corrected chi connectivity index (χ0v) is 17.2. The standard InChI is InChI=1S/C22H19N3O4S/c1-14-6-9-18(12-15(14)2)24-22(30)29-20-10-7-16(8-11-20)21(26)23-17-4-3-5-19(13-17)25(27)28/h3-13H,1-2H3,(H,23,26)(H,24,30). The van der Waals surface area contributed by atoms with Crippen LogP contribution in [0.3, 0.4) is 0 Å². The number of anilines is 2. The minimum atomic E-state index is -0.517. The minimum Gasteiger partial charge on any atom is -0.432 e. The lowest BCUT2D eigenvalue weighted by Gasteiger charge is -2.11. The van der Waals surface area contributed by atoms with Gasteiger partial charge in [0, 0.05) is 29.1 Å². The zero-order valence-electron chi connectivity index (χ0n) is 16.3. The predicted molar refractivity (Wildman–Crippen MR) is 120 cm³/mol. The van der Waals surface area contributed by atoms with E-state index in [2.05, 4.69) is 10.6 Å². The Morgan fingerprint density at radius 2 is 1.63 bits per heavy atom. The first kappa shape index (κ1) is 20.9. The molecule has 3 aromatic rings. The Bertz CT molecular complexity index is 1110. The Morgan fingerprint density at radius 1 is 0.933 bits per heavy atom. The summed E-state index contributed by atoms with van der Waals surface area (Å²) in [6.07, 6.45) is 0. The molecule has 7 nitrogen and oxygen atoms in total. The van der Waals surface area contributed by atoms with E-state index in [0.717, 1.165) is 11.3 Å². The molecule has 0 atom stereocenters. The third-order valence-electron chi connectivity index (χ3n) is 4.40. The molecule has 30 heavy (non-hydrogen) atoms. The number of carbonyl (C=O) groups is 1. The molecule has 2 N–H and O–H groups in total. The Balaban J connectivity index is 1.60. The fraction of sp³-hybridized carbons (Fsp3) is 0.0909. The maximum absolute atomic E-state index is 12.4. The molecule has 0 spiro atoms. The van der Waals surface area contributed by atoms with E-state index in [9.17, 15) is 14.9 Å². The first-order chi connectivity index (χ1) is 14.3. The lowest BCUT2D eigenvalue weighted by molar-refractivity contribution is -0.384. The summed E-state index contributed by atoms with van der Waals surface area (Å²) >= 11 is 5.23. The monoisotopic (exact) mass is 421 g/mol. The van der Waals surface area contributed by atoms with Crippen LogP contribution in [-0.2, 0) is 0 Å². The van der Waals surface area contributed by atoms with Crippen LogP contribution in [0.5, 0.6) is 5.75 Å². The van der Waals surface area contributed by atoms with Gasteiger partial charge in [0.2, 0.25) is 0 Å². The van der Waals surface area contributed by atoms with Gasteiger partial charge in [-0.3, -0.25) is 14.9 Å². The molecular weight excluding hydrogens is 402 g/mol. The highest BCUT2D eigenvalue weighted by atomic mass is 32.1. The number of ether oxygens (including phenoxy) is 1. The zero-order chi connectivity index (χ0) is 21.7. The number of hydrogen-bond acceptors (Lipinski definition) is 5. The van der Waals surface area contributed by atoms with Crippen molar-refractivity contribution >= 4 is 40.4 Å². The molecule has 0 bridgehead atoms. The van der Waals surface area contributed by atoms with Crippen molar-refractivity contribution in [3.63, 3.8) is 0 Å². The lowest BCUT2D eigenvalue weighted by atomic mass is 10.1. The van der Waals surface area contributed by atoms with Gasteiger partial charge in [-0.05, 0) is 79.7 Å². The van der Waals surface area contributed by atoms with Crippen molar-refractivity contribution < 1.29 is 14.5 Å². The predicted octanol–water partition coefficient (Wildman–Crippen LogP) is 5.24. The van der Waals surface area contributed by atoms with Gasteiger partial charge in [-0.2, -0.15) is 0 Å². The molecule has 0 saturated heterocycles. The number of non-ortho nitro benzene ring substituents is 1. The fourth-order valence-electron chi connectivity index (χ4n) is 2.64. The highest BCUT2D eigenvalue weighted by Crippen LogP contribution is 2.19. The fourth-order valence-corrected chi connectivity index (χ4v) is 2.86. The molecule has 152 valence electrons. The van der Waals surface area contributed by atoms with E-state index in [4.69, 9.17) is 17.0 Å². The summed E-state index contributed by atoms with van der Waals surface area (Å²) in [5.74, 6) is 0.0844. The van der Waals surface area contributed by atoms with Crippen LogP contribution in [0, 0.1) is 24.0 Å². The summed E-state index contributed by atoms with van der Waals surface area (Å²) in [6, 6.07) is 18.0. The number of rotatable bonds is 5. The minimum absolute atomic E-state index is 0.0960. The molecule has 3 rings (SSSR count). The van der Waals surface area contributed by atoms with E-state index in [-0.39, 0.29) is 10.9 Å². The van der Waals surface area contributed by atoms with Gasteiger partial charge in [0.1, 0.15) is 5.75 Å². The Labute approximate surface area is 178 Å². The van der Waals surface area contributed by atoms with Gasteiger partial charge >= 0.3 is 0 Å². The number of nitro benzene ring substituents is 1. The summed E-state index contributed by atoms with van der Waals surface area (Å²) in [5.41, 5.74) is 3.78. The first-order valence-corrected chi connectivity index (χ1v) is 9.44. The van der Waals surface area contributed by atoms with Crippen molar-refractivity contribution in [2.24, 2.45) is 0 Å². The number of nitrogens with zero attached hydrogens (tertiary/aromatic N) is 1. The van der Waals surface area contributed by atoms with E-state index in [1.807, 2.05) is 32.0 Å². The van der Waals surface area contributed by atoms with Crippen LogP contribution in [0.15, 0.2) is 66.7 Å². The molecule has 3 aromatic carbocycles. The number of amides is 1. The van der Waals surface area contributed by atoms with Crippen molar-refractivity contribution in [3.05, 3.63) is 93.5 Å². The second-order valence-electron chi connectivity index (χ2n) is 6.60. The van der Waals surface area contributed by atoms with E-state index in [0.29, 0.717) is 17.0 Å². The normalized spacial score (nSPS) is 10.2. The SMILES string of the molecule is Cc1ccc(NC(=S)Oc2ccc(C(=O)Nc3cccc([N+](=O)[O-])c3)cc2)cc1C. The molecule has 0 aromatic heterocycles. The molecule has 0 saturated carbocycles. The summed E-state index contributed by atoms with van der Waals surface area (Å²) in [7, 11) is 0. The van der Waals surface area contributed by atoms with Crippen molar-refractivity contribution in [3.8, 4) is 5.75 Å². The molecule has 0 aliphatic heterocycles. The van der Waals surface area contributed by atoms with Gasteiger partial charge in [-0.25, -0.2) is 0 Å². The van der Waals surface area contributed by atoms with Gasteiger partial charge in [0.25, 0.3) is 16.8 Å². The van der Waals surface area contributed by atoms with Gasteiger partial charge in [0.05, 0.1) is 4.92 Å². The molecule has 0 fully saturated rings. The summed E-state index contributed by atoms with van der Waals surface area (Å²) in [4.78, 5) is 22.7. The van der Waals surface area contributed by atoms with Crippen LogP contribution in [0.1, 0.15) is 21.5 Å². The summed E-state index contributed by atoms with van der Waals surface area (Å²) < 4.78 is 5.60. The highest BCUT2D eigenvalue weighted by molar-refractivity contribution is 7.80. The Morgan fingerprint density at radius 3 is 2.30 bits per heavy atom. The highest BCUT2D eigenvalue weighted by Gasteiger charge is 2.10. The van der Waals surface area contributed by atoms with E-state index in [1.54, 1.807) is 30.3 Å². The second kappa shape index (κ2) is 9.15. The Hall–Kier alpha value is -3.78. The lowest BCUT2D eigenvalue weighted by Crippen LogP contribution is -2.16. The number of carbonyl (C=O) groups excluding carboxylic acids is 1. The van der Waals surface area contributed by atoms with E-state index in [1.165, 1.54) is 23.8 Å². The number of benzene rings is 3. The topological polar surface area (TPSA) is 93.5 Å². The average Bonchev–Trinajstić information content (AvgIpc) is 2.71. The largest absolute Gasteiger partial charge is 0.432 e. The third kappa shape index (κ3) is 5.39. The molecule has 0 unspecified atom stereocenters. The van der Waals surface area contributed by atoms with Gasteiger partial charge in [0.15, 0.2) is 0 Å².